The Morgan fingerprint density at radius 2 is 1.18 bits per heavy atom. The number of ether oxygens (including phenoxy) is 5. The van der Waals surface area contributed by atoms with Crippen LogP contribution in [0.4, 0.5) is 13.2 Å². The van der Waals surface area contributed by atoms with Gasteiger partial charge in [-0.2, -0.15) is 13.2 Å². The maximum Gasteiger partial charge on any atom is 0.471 e. The number of alkyl halides is 3. The summed E-state index contributed by atoms with van der Waals surface area (Å²) in [5.41, 5.74) is 1.82. The van der Waals surface area contributed by atoms with E-state index in [4.69, 9.17) is 37.3 Å². The molecule has 0 aliphatic carbocycles. The van der Waals surface area contributed by atoms with Gasteiger partial charge in [-0.15, -0.1) is 0 Å². The molecule has 3 aromatic rings. The number of benzene rings is 3. The molecule has 3 rings (SSSR count). The van der Waals surface area contributed by atoms with Gasteiger partial charge in [0.1, 0.15) is 19.3 Å². The molecule has 2 amide bonds. The predicted octanol–water partition coefficient (Wildman–Crippen LogP) is 5.47. The quantitative estimate of drug-likeness (QED) is 0.0497. The van der Waals surface area contributed by atoms with E-state index in [1.54, 1.807) is 91.0 Å². The Bertz CT molecular complexity index is 1800. The van der Waals surface area contributed by atoms with Crippen LogP contribution in [-0.4, -0.2) is 79.2 Å². The first-order valence-electron chi connectivity index (χ1n) is 18.3. The third-order valence-electron chi connectivity index (χ3n) is 7.65. The fourth-order valence-electron chi connectivity index (χ4n) is 5.12. The molecule has 16 nitrogen and oxygen atoms in total. The van der Waals surface area contributed by atoms with Gasteiger partial charge >= 0.3 is 44.6 Å². The summed E-state index contributed by atoms with van der Waals surface area (Å²) in [7, 11) is -2.69. The lowest BCUT2D eigenvalue weighted by molar-refractivity contribution is -0.248. The molecule has 0 saturated carbocycles. The standard InChI is InChI=1S/C40H46F3N2O14P/c1-27(20-34(56-29(3)47)26-52-28(2)46)58-39(38(51)53-23-31-14-8-5-9-15-31,21-36(57-30(4)48)45-35(49)22-44-37(50)40(41,42)43)59-60(54-24-32-16-10-6-11-17-32)55-25-33-18-12-7-13-19-33/h5-19,27,34,36H,20-26H2,1-4H3,(H,44,50)(H,45,49)/t27?,34?,36-,39?/m1/s1. The van der Waals surface area contributed by atoms with Crippen molar-refractivity contribution in [2.45, 2.75) is 90.8 Å². The van der Waals surface area contributed by atoms with Gasteiger partial charge in [0, 0.05) is 27.2 Å². The van der Waals surface area contributed by atoms with Crippen molar-refractivity contribution >= 4 is 44.3 Å². The summed E-state index contributed by atoms with van der Waals surface area (Å²) in [6.07, 6.45) is -10.8. The molecule has 326 valence electrons. The molecule has 0 heterocycles. The highest BCUT2D eigenvalue weighted by Gasteiger charge is 2.51. The highest BCUT2D eigenvalue weighted by Crippen LogP contribution is 2.48. The largest absolute Gasteiger partial charge is 0.471 e. The Morgan fingerprint density at radius 1 is 0.683 bits per heavy atom. The molecule has 0 radical (unpaired) electrons. The number of amides is 2. The smallest absolute Gasteiger partial charge is 0.462 e. The van der Waals surface area contributed by atoms with Crippen molar-refractivity contribution in [2.75, 3.05) is 13.2 Å². The summed E-state index contributed by atoms with van der Waals surface area (Å²) in [5.74, 6) is -10.2. The average molecular weight is 867 g/mol. The number of hydrogen-bond acceptors (Lipinski definition) is 14. The molecule has 3 aromatic carbocycles. The lowest BCUT2D eigenvalue weighted by Crippen LogP contribution is -2.54. The van der Waals surface area contributed by atoms with Gasteiger partial charge in [-0.1, -0.05) is 91.0 Å². The maximum atomic E-state index is 14.6. The van der Waals surface area contributed by atoms with E-state index >= 15 is 0 Å². The molecule has 3 unspecified atom stereocenters. The molecule has 20 heteroatoms. The Hall–Kier alpha value is -5.46. The summed E-state index contributed by atoms with van der Waals surface area (Å²) in [6, 6.07) is 25.9. The van der Waals surface area contributed by atoms with E-state index in [0.29, 0.717) is 16.7 Å². The first-order chi connectivity index (χ1) is 28.4. The Morgan fingerprint density at radius 3 is 1.65 bits per heavy atom. The molecule has 60 heavy (non-hydrogen) atoms. The lowest BCUT2D eigenvalue weighted by atomic mass is 10.1. The van der Waals surface area contributed by atoms with Crippen LogP contribution in [0.3, 0.4) is 0 Å². The summed E-state index contributed by atoms with van der Waals surface area (Å²) in [6.45, 7) is 2.34. The van der Waals surface area contributed by atoms with Crippen LogP contribution < -0.4 is 10.6 Å². The zero-order valence-corrected chi connectivity index (χ0v) is 34.0. The van der Waals surface area contributed by atoms with E-state index in [-0.39, 0.29) is 26.2 Å². The molecule has 2 N–H and O–H groups in total. The van der Waals surface area contributed by atoms with Gasteiger partial charge in [-0.25, -0.2) is 4.79 Å². The van der Waals surface area contributed by atoms with Crippen LogP contribution in [0.1, 0.15) is 57.2 Å². The number of halogens is 3. The molecule has 0 fully saturated rings. The molecule has 0 spiro atoms. The zero-order chi connectivity index (χ0) is 44.1. The Labute approximate surface area is 345 Å². The predicted molar refractivity (Wildman–Crippen MR) is 204 cm³/mol. The number of carbonyl (C=O) groups excluding carboxylic acids is 6. The summed E-state index contributed by atoms with van der Waals surface area (Å²) in [5, 5.41) is 3.57. The van der Waals surface area contributed by atoms with Crippen LogP contribution in [0, 0.1) is 0 Å². The van der Waals surface area contributed by atoms with Crippen LogP contribution in [0.25, 0.3) is 0 Å². The monoisotopic (exact) mass is 866 g/mol. The minimum Gasteiger partial charge on any atom is -0.462 e. The number of hydrogen-bond donors (Lipinski definition) is 2. The van der Waals surface area contributed by atoms with Crippen molar-refractivity contribution in [1.82, 2.24) is 10.6 Å². The van der Waals surface area contributed by atoms with Gasteiger partial charge in [-0.05, 0) is 23.6 Å². The Kier molecular flexibility index (Phi) is 20.0. The van der Waals surface area contributed by atoms with Crippen molar-refractivity contribution < 1.29 is 79.2 Å². The summed E-state index contributed by atoms with van der Waals surface area (Å²) in [4.78, 5) is 75.1. The van der Waals surface area contributed by atoms with Gasteiger partial charge < -0.3 is 43.4 Å². The van der Waals surface area contributed by atoms with Crippen molar-refractivity contribution in [2.24, 2.45) is 0 Å². The van der Waals surface area contributed by atoms with Gasteiger partial charge in [0.05, 0.1) is 32.3 Å². The fraction of sp³-hybridized carbons (Fsp3) is 0.400. The zero-order valence-electron chi connectivity index (χ0n) is 33.1. The molecule has 0 aliphatic heterocycles. The first kappa shape index (κ1) is 48.9. The van der Waals surface area contributed by atoms with Crippen LogP contribution in [0.15, 0.2) is 91.0 Å². The number of esters is 4. The van der Waals surface area contributed by atoms with E-state index < -0.39 is 94.3 Å². The van der Waals surface area contributed by atoms with Crippen LogP contribution in [-0.2, 0) is 85.8 Å². The first-order valence-corrected chi connectivity index (χ1v) is 19.4. The van der Waals surface area contributed by atoms with E-state index in [1.807, 2.05) is 0 Å². The number of carbonyl (C=O) groups is 6. The van der Waals surface area contributed by atoms with E-state index in [0.717, 1.165) is 20.8 Å². The molecule has 0 saturated heterocycles. The second kappa shape index (κ2) is 24.6. The fourth-order valence-corrected chi connectivity index (χ4v) is 6.24. The number of nitrogens with one attached hydrogen (secondary N) is 2. The Balaban J connectivity index is 2.14. The van der Waals surface area contributed by atoms with Crippen molar-refractivity contribution in [3.63, 3.8) is 0 Å². The highest BCUT2D eigenvalue weighted by molar-refractivity contribution is 7.41. The van der Waals surface area contributed by atoms with Crippen molar-refractivity contribution in [1.29, 1.82) is 0 Å². The SMILES string of the molecule is CC(=O)OCC(CC(C)OC(C[C@H](NC(=O)CNC(=O)C(F)(F)F)OC(C)=O)(OP(OCc1ccccc1)OCc1ccccc1)C(=O)OCc1ccccc1)OC(C)=O. The van der Waals surface area contributed by atoms with Crippen LogP contribution in [0.5, 0.6) is 0 Å². The molecule has 0 bridgehead atoms. The molecule has 4 atom stereocenters. The topological polar surface area (TPSA) is 200 Å². The molecular weight excluding hydrogens is 820 g/mol. The molecule has 0 aliphatic rings. The maximum absolute atomic E-state index is 14.6. The van der Waals surface area contributed by atoms with Gasteiger partial charge in [0.2, 0.25) is 5.91 Å². The van der Waals surface area contributed by atoms with E-state index in [9.17, 15) is 41.9 Å². The highest BCUT2D eigenvalue weighted by atomic mass is 31.2. The second-order valence-corrected chi connectivity index (χ2v) is 14.0. The van der Waals surface area contributed by atoms with Crippen molar-refractivity contribution in [3.05, 3.63) is 108 Å². The number of rotatable bonds is 24. The molecule has 0 aromatic heterocycles. The van der Waals surface area contributed by atoms with Gasteiger partial charge in [0.15, 0.2) is 6.23 Å². The summed E-state index contributed by atoms with van der Waals surface area (Å²) >= 11 is 0. The minimum atomic E-state index is -5.32. The minimum absolute atomic E-state index is 0.133. The van der Waals surface area contributed by atoms with Gasteiger partial charge in [-0.3, -0.25) is 28.5 Å². The molecular formula is C40H46F3N2O14P. The summed E-state index contributed by atoms with van der Waals surface area (Å²) < 4.78 is 85.0. The van der Waals surface area contributed by atoms with E-state index in [1.165, 1.54) is 12.2 Å². The third-order valence-corrected chi connectivity index (χ3v) is 8.77. The third kappa shape index (κ3) is 18.6. The van der Waals surface area contributed by atoms with E-state index in [2.05, 4.69) is 5.32 Å². The van der Waals surface area contributed by atoms with Crippen LogP contribution >= 0.6 is 8.60 Å². The normalized spacial score (nSPS) is 13.8. The second-order valence-electron chi connectivity index (χ2n) is 12.9. The van der Waals surface area contributed by atoms with Gasteiger partial charge in [0.25, 0.3) is 5.79 Å². The van der Waals surface area contributed by atoms with Crippen molar-refractivity contribution in [3.8, 4) is 0 Å². The average Bonchev–Trinajstić information content (AvgIpc) is 3.19. The lowest BCUT2D eigenvalue weighted by Gasteiger charge is -2.37. The van der Waals surface area contributed by atoms with Crippen LogP contribution in [0.2, 0.25) is 0 Å².